The highest BCUT2D eigenvalue weighted by Crippen LogP contribution is 2.43. The Hall–Kier alpha value is -0.163. The van der Waals surface area contributed by atoms with E-state index in [2.05, 4.69) is 81.8 Å². The van der Waals surface area contributed by atoms with E-state index in [0.717, 1.165) is 0 Å². The van der Waals surface area contributed by atoms with Crippen molar-refractivity contribution in [1.82, 2.24) is 0 Å². The highest BCUT2D eigenvalue weighted by atomic mass is 79.9. The zero-order valence-electron chi connectivity index (χ0n) is 14.0. The number of aryl methyl sites for hydroxylation is 1. The summed E-state index contributed by atoms with van der Waals surface area (Å²) in [5, 5.41) is 1.54. The van der Waals surface area contributed by atoms with Crippen molar-refractivity contribution in [2.75, 3.05) is 0 Å². The molecule has 1 nitrogen and oxygen atoms in total. The van der Waals surface area contributed by atoms with Gasteiger partial charge in [-0.05, 0) is 53.5 Å². The van der Waals surface area contributed by atoms with E-state index in [0.29, 0.717) is 0 Å². The monoisotopic (exact) mass is 384 g/mol. The summed E-state index contributed by atoms with van der Waals surface area (Å²) in [5.41, 5.74) is 1.32. The van der Waals surface area contributed by atoms with Crippen LogP contribution in [0.2, 0.25) is 18.1 Å². The Morgan fingerprint density at radius 1 is 1.24 bits per heavy atom. The minimum absolute atomic E-state index is 0.138. The third-order valence-electron chi connectivity index (χ3n) is 4.56. The first-order valence-corrected chi connectivity index (χ1v) is 11.9. The van der Waals surface area contributed by atoms with Crippen LogP contribution in [0.4, 0.5) is 0 Å². The topological polar surface area (TPSA) is 9.23 Å². The summed E-state index contributed by atoms with van der Waals surface area (Å²) < 4.78 is 9.16. The minimum Gasteiger partial charge on any atom is -0.410 e. The molecule has 4 heteroatoms. The summed E-state index contributed by atoms with van der Waals surface area (Å²) in [4.78, 5) is 1.33. The van der Waals surface area contributed by atoms with Crippen molar-refractivity contribution in [2.24, 2.45) is 0 Å². The van der Waals surface area contributed by atoms with Crippen LogP contribution in [0.3, 0.4) is 0 Å². The molecule has 1 heterocycles. The van der Waals surface area contributed by atoms with Crippen LogP contribution in [0.25, 0.3) is 10.1 Å². The van der Waals surface area contributed by atoms with E-state index in [1.807, 2.05) is 11.3 Å². The second-order valence-electron chi connectivity index (χ2n) is 7.22. The van der Waals surface area contributed by atoms with Gasteiger partial charge in [0.1, 0.15) is 0 Å². The molecule has 0 amide bonds. The second kappa shape index (κ2) is 5.80. The van der Waals surface area contributed by atoms with Gasteiger partial charge in [-0.15, -0.1) is 11.3 Å². The quantitative estimate of drug-likeness (QED) is 0.514. The van der Waals surface area contributed by atoms with E-state index in [9.17, 15) is 0 Å². The fourth-order valence-corrected chi connectivity index (χ4v) is 5.44. The van der Waals surface area contributed by atoms with Crippen molar-refractivity contribution in [2.45, 2.75) is 58.9 Å². The average molecular weight is 385 g/mol. The molecule has 0 aliphatic rings. The lowest BCUT2D eigenvalue weighted by Crippen LogP contribution is -2.41. The molecule has 0 unspecified atom stereocenters. The number of rotatable bonds is 3. The Bertz CT molecular complexity index is 655. The van der Waals surface area contributed by atoms with Gasteiger partial charge in [0.25, 0.3) is 0 Å². The van der Waals surface area contributed by atoms with Crippen LogP contribution in [-0.4, -0.2) is 8.32 Å². The lowest BCUT2D eigenvalue weighted by atomic mass is 10.1. The maximum Gasteiger partial charge on any atom is 0.192 e. The first kappa shape index (κ1) is 17.2. The molecule has 0 saturated heterocycles. The molecule has 0 fully saturated rings. The van der Waals surface area contributed by atoms with Gasteiger partial charge in [0, 0.05) is 19.4 Å². The molecule has 0 saturated carbocycles. The molecule has 2 rings (SSSR count). The Morgan fingerprint density at radius 2 is 1.86 bits per heavy atom. The van der Waals surface area contributed by atoms with Crippen LogP contribution >= 0.6 is 27.3 Å². The molecule has 0 radical (unpaired) electrons. The maximum absolute atomic E-state index is 6.58. The molecule has 21 heavy (non-hydrogen) atoms. The molecule has 1 aromatic carbocycles. The molecule has 116 valence electrons. The average Bonchev–Trinajstić information content (AvgIpc) is 2.63. The van der Waals surface area contributed by atoms with Crippen LogP contribution in [0, 0.1) is 6.92 Å². The molecule has 0 aliphatic carbocycles. The summed E-state index contributed by atoms with van der Waals surface area (Å²) in [6.07, 6.45) is 0.138. The lowest BCUT2D eigenvalue weighted by molar-refractivity contribution is 0.204. The zero-order chi connectivity index (χ0) is 16.0. The largest absolute Gasteiger partial charge is 0.410 e. The number of fused-ring (bicyclic) bond motifs is 1. The van der Waals surface area contributed by atoms with Crippen LogP contribution in [0.15, 0.2) is 22.7 Å². The number of hydrogen-bond donors (Lipinski definition) is 0. The fourth-order valence-electron chi connectivity index (χ4n) is 2.23. The van der Waals surface area contributed by atoms with Crippen molar-refractivity contribution < 1.29 is 4.43 Å². The molecule has 0 aliphatic heterocycles. The van der Waals surface area contributed by atoms with Gasteiger partial charge in [-0.3, -0.25) is 0 Å². The summed E-state index contributed by atoms with van der Waals surface area (Å²) in [6, 6.07) is 6.54. The number of thiophene rings is 1. The zero-order valence-corrected chi connectivity index (χ0v) is 17.4. The molecular formula is C17H25BrOSSi. The van der Waals surface area contributed by atoms with Gasteiger partial charge in [0.05, 0.1) is 6.10 Å². The van der Waals surface area contributed by atoms with Crippen LogP contribution in [0.1, 0.15) is 44.2 Å². The van der Waals surface area contributed by atoms with Crippen LogP contribution in [0.5, 0.6) is 0 Å². The molecule has 1 atom stereocenters. The van der Waals surface area contributed by atoms with E-state index in [-0.39, 0.29) is 11.1 Å². The van der Waals surface area contributed by atoms with Crippen molar-refractivity contribution in [3.8, 4) is 0 Å². The van der Waals surface area contributed by atoms with Crippen molar-refractivity contribution in [3.63, 3.8) is 0 Å². The van der Waals surface area contributed by atoms with Gasteiger partial charge in [0.15, 0.2) is 8.32 Å². The van der Waals surface area contributed by atoms with E-state index < -0.39 is 8.32 Å². The summed E-state index contributed by atoms with van der Waals surface area (Å²) in [5.74, 6) is 0. The molecule has 0 bridgehead atoms. The number of halogens is 1. The van der Waals surface area contributed by atoms with Crippen molar-refractivity contribution in [3.05, 3.63) is 33.1 Å². The Kier molecular flexibility index (Phi) is 4.75. The Balaban J connectivity index is 2.41. The summed E-state index contributed by atoms with van der Waals surface area (Å²) in [7, 11) is -1.75. The minimum atomic E-state index is -1.75. The SMILES string of the molecule is Cc1sc2c([C@H](C)O[Si](C)(C)C(C)(C)C)cccc2c1Br. The van der Waals surface area contributed by atoms with Crippen LogP contribution < -0.4 is 0 Å². The first-order chi connectivity index (χ1) is 9.54. The molecule has 1 aromatic heterocycles. The van der Waals surface area contributed by atoms with E-state index in [4.69, 9.17) is 4.43 Å². The number of hydrogen-bond acceptors (Lipinski definition) is 2. The fraction of sp³-hybridized carbons (Fsp3) is 0.529. The Labute approximate surface area is 142 Å². The third-order valence-corrected chi connectivity index (χ3v) is 11.6. The third kappa shape index (κ3) is 3.28. The smallest absolute Gasteiger partial charge is 0.192 e. The van der Waals surface area contributed by atoms with E-state index in [1.165, 1.54) is 25.0 Å². The normalized spacial score (nSPS) is 14.7. The highest BCUT2D eigenvalue weighted by Gasteiger charge is 2.38. The molecule has 0 spiro atoms. The number of benzene rings is 1. The van der Waals surface area contributed by atoms with Gasteiger partial charge < -0.3 is 4.43 Å². The van der Waals surface area contributed by atoms with Gasteiger partial charge in [0.2, 0.25) is 0 Å². The van der Waals surface area contributed by atoms with Crippen molar-refractivity contribution >= 4 is 45.7 Å². The van der Waals surface area contributed by atoms with E-state index in [1.54, 1.807) is 0 Å². The first-order valence-electron chi connectivity index (χ1n) is 7.40. The molecule has 0 N–H and O–H groups in total. The predicted octanol–water partition coefficient (Wildman–Crippen LogP) is 7.06. The Morgan fingerprint density at radius 3 is 2.43 bits per heavy atom. The standard InChI is InChI=1S/C17H25BrOSSi/c1-11(19-21(6,7)17(3,4)5)13-9-8-10-14-15(18)12(2)20-16(13)14/h8-11H,1-7H3/t11-/m0/s1. The van der Waals surface area contributed by atoms with Gasteiger partial charge in [-0.1, -0.05) is 39.0 Å². The molecular weight excluding hydrogens is 360 g/mol. The molecule has 2 aromatic rings. The predicted molar refractivity (Wildman–Crippen MR) is 101 cm³/mol. The lowest BCUT2D eigenvalue weighted by Gasteiger charge is -2.38. The van der Waals surface area contributed by atoms with Crippen molar-refractivity contribution in [1.29, 1.82) is 0 Å². The van der Waals surface area contributed by atoms with Gasteiger partial charge >= 0.3 is 0 Å². The second-order valence-corrected chi connectivity index (χ2v) is 14.0. The van der Waals surface area contributed by atoms with Crippen LogP contribution in [-0.2, 0) is 4.43 Å². The summed E-state index contributed by atoms with van der Waals surface area (Å²) in [6.45, 7) is 15.9. The maximum atomic E-state index is 6.58. The highest BCUT2D eigenvalue weighted by molar-refractivity contribution is 9.10. The van der Waals surface area contributed by atoms with Gasteiger partial charge in [-0.2, -0.15) is 0 Å². The summed E-state index contributed by atoms with van der Waals surface area (Å²) >= 11 is 5.56. The van der Waals surface area contributed by atoms with Gasteiger partial charge in [-0.25, -0.2) is 0 Å². The van der Waals surface area contributed by atoms with E-state index >= 15 is 0 Å².